The highest BCUT2D eigenvalue weighted by molar-refractivity contribution is 7.13. The van der Waals surface area contributed by atoms with E-state index in [9.17, 15) is 22.4 Å². The molecule has 1 aromatic heterocycles. The van der Waals surface area contributed by atoms with Gasteiger partial charge in [-0.3, -0.25) is 4.79 Å². The first-order valence-electron chi connectivity index (χ1n) is 5.12. The van der Waals surface area contributed by atoms with Crippen molar-refractivity contribution in [2.45, 2.75) is 13.1 Å². The third kappa shape index (κ3) is 2.98. The molecule has 0 bridgehead atoms. The second-order valence-electron chi connectivity index (χ2n) is 3.87. The minimum absolute atomic E-state index is 0.00914. The molecule has 0 N–H and O–H groups in total. The van der Waals surface area contributed by atoms with Crippen LogP contribution in [-0.2, 0) is 6.18 Å². The van der Waals surface area contributed by atoms with Gasteiger partial charge < -0.3 is 0 Å². The quantitative estimate of drug-likeness (QED) is 0.621. The first-order chi connectivity index (χ1) is 8.77. The maximum atomic E-state index is 13.2. The maximum Gasteiger partial charge on any atom is 0.443 e. The molecule has 0 fully saturated rings. The smallest absolute Gasteiger partial charge is 0.288 e. The topological polar surface area (TPSA) is 30.0 Å². The molecule has 0 aliphatic rings. The molecule has 7 heteroatoms. The van der Waals surface area contributed by atoms with Crippen LogP contribution in [-0.4, -0.2) is 10.8 Å². The fraction of sp³-hybridized carbons (Fsp3) is 0.167. The van der Waals surface area contributed by atoms with Gasteiger partial charge in [0.05, 0.1) is 4.88 Å². The van der Waals surface area contributed by atoms with Crippen molar-refractivity contribution in [3.8, 4) is 0 Å². The summed E-state index contributed by atoms with van der Waals surface area (Å²) in [4.78, 5) is 14.9. The van der Waals surface area contributed by atoms with Gasteiger partial charge in [0, 0.05) is 11.8 Å². The van der Waals surface area contributed by atoms with Gasteiger partial charge in [-0.2, -0.15) is 13.2 Å². The van der Waals surface area contributed by atoms with Crippen LogP contribution >= 0.6 is 11.3 Å². The van der Waals surface area contributed by atoms with Crippen LogP contribution in [0.3, 0.4) is 0 Å². The number of benzene rings is 1. The largest absolute Gasteiger partial charge is 0.443 e. The van der Waals surface area contributed by atoms with E-state index in [0.717, 1.165) is 12.3 Å². The number of alkyl halides is 3. The van der Waals surface area contributed by atoms with Crippen LogP contribution in [0, 0.1) is 12.7 Å². The average molecular weight is 289 g/mol. The van der Waals surface area contributed by atoms with E-state index in [0.29, 0.717) is 5.56 Å². The average Bonchev–Trinajstić information content (AvgIpc) is 2.75. The number of thiazole rings is 1. The molecule has 1 aromatic carbocycles. The fourth-order valence-electron chi connectivity index (χ4n) is 1.52. The summed E-state index contributed by atoms with van der Waals surface area (Å²) in [5.41, 5.74) is 0.527. The number of carbonyl (C=O) groups is 1. The van der Waals surface area contributed by atoms with Crippen molar-refractivity contribution in [2.24, 2.45) is 0 Å². The summed E-state index contributed by atoms with van der Waals surface area (Å²) in [5, 5.41) is -1.09. The van der Waals surface area contributed by atoms with Crippen LogP contribution in [0.4, 0.5) is 17.6 Å². The van der Waals surface area contributed by atoms with E-state index in [-0.39, 0.29) is 21.8 Å². The lowest BCUT2D eigenvalue weighted by Crippen LogP contribution is -2.03. The first kappa shape index (κ1) is 13.7. The van der Waals surface area contributed by atoms with Gasteiger partial charge in [-0.1, -0.05) is 0 Å². The molecule has 0 unspecified atom stereocenters. The van der Waals surface area contributed by atoms with Crippen LogP contribution < -0.4 is 0 Å². The number of aryl methyl sites for hydroxylation is 1. The molecular weight excluding hydrogens is 282 g/mol. The Morgan fingerprint density at radius 2 is 1.95 bits per heavy atom. The molecule has 0 saturated carbocycles. The van der Waals surface area contributed by atoms with Crippen LogP contribution in [0.2, 0.25) is 0 Å². The Balaban J connectivity index is 2.36. The van der Waals surface area contributed by atoms with E-state index in [1.807, 2.05) is 0 Å². The van der Waals surface area contributed by atoms with E-state index in [4.69, 9.17) is 0 Å². The minimum Gasteiger partial charge on any atom is -0.288 e. The van der Waals surface area contributed by atoms with Gasteiger partial charge in [0.2, 0.25) is 5.78 Å². The van der Waals surface area contributed by atoms with E-state index in [1.165, 1.54) is 12.1 Å². The minimum atomic E-state index is -4.58. The molecule has 0 atom stereocenters. The third-order valence-corrected chi connectivity index (χ3v) is 3.32. The Kier molecular flexibility index (Phi) is 3.40. The Morgan fingerprint density at radius 3 is 2.47 bits per heavy atom. The van der Waals surface area contributed by atoms with Crippen molar-refractivity contribution in [3.63, 3.8) is 0 Å². The maximum absolute atomic E-state index is 13.2. The lowest BCUT2D eigenvalue weighted by Gasteiger charge is -2.01. The van der Waals surface area contributed by atoms with Gasteiger partial charge in [-0.25, -0.2) is 9.37 Å². The van der Waals surface area contributed by atoms with Crippen molar-refractivity contribution in [3.05, 3.63) is 51.2 Å². The highest BCUT2D eigenvalue weighted by Gasteiger charge is 2.35. The first-order valence-corrected chi connectivity index (χ1v) is 5.94. The number of nitrogens with zero attached hydrogens (tertiary/aromatic N) is 1. The van der Waals surface area contributed by atoms with Gasteiger partial charge in [-0.15, -0.1) is 11.3 Å². The number of hydrogen-bond acceptors (Lipinski definition) is 3. The third-order valence-electron chi connectivity index (χ3n) is 2.28. The number of rotatable bonds is 2. The second-order valence-corrected chi connectivity index (χ2v) is 4.90. The normalized spacial score (nSPS) is 11.6. The van der Waals surface area contributed by atoms with Crippen molar-refractivity contribution < 1.29 is 22.4 Å². The summed E-state index contributed by atoms with van der Waals surface area (Å²) >= 11 is 0.246. The molecule has 0 saturated heterocycles. The van der Waals surface area contributed by atoms with E-state index in [1.54, 1.807) is 6.92 Å². The van der Waals surface area contributed by atoms with Crippen LogP contribution in [0.5, 0.6) is 0 Å². The number of ketones is 1. The predicted octanol–water partition coefficient (Wildman–Crippen LogP) is 3.84. The summed E-state index contributed by atoms with van der Waals surface area (Å²) < 4.78 is 50.3. The zero-order valence-electron chi connectivity index (χ0n) is 9.58. The van der Waals surface area contributed by atoms with E-state index in [2.05, 4.69) is 4.98 Å². The lowest BCUT2D eigenvalue weighted by molar-refractivity contribution is -0.137. The van der Waals surface area contributed by atoms with Gasteiger partial charge >= 0.3 is 6.18 Å². The highest BCUT2D eigenvalue weighted by Crippen LogP contribution is 2.33. The van der Waals surface area contributed by atoms with Crippen LogP contribution in [0.15, 0.2) is 24.4 Å². The lowest BCUT2D eigenvalue weighted by atomic mass is 10.1. The number of aromatic nitrogens is 1. The van der Waals surface area contributed by atoms with Gasteiger partial charge in [-0.05, 0) is 30.7 Å². The summed E-state index contributed by atoms with van der Waals surface area (Å²) in [6.07, 6.45) is -3.73. The molecule has 1 heterocycles. The fourth-order valence-corrected chi connectivity index (χ4v) is 2.27. The SMILES string of the molecule is Cc1cc(F)cc(C(=O)c2cnc(C(F)(F)F)s2)c1. The molecule has 2 aromatic rings. The summed E-state index contributed by atoms with van der Waals surface area (Å²) in [7, 11) is 0. The van der Waals surface area contributed by atoms with Gasteiger partial charge in [0.15, 0.2) is 5.01 Å². The van der Waals surface area contributed by atoms with Gasteiger partial charge in [0.1, 0.15) is 5.82 Å². The Labute approximate surface area is 109 Å². The van der Waals surface area contributed by atoms with E-state index >= 15 is 0 Å². The van der Waals surface area contributed by atoms with Crippen LogP contribution in [0.25, 0.3) is 0 Å². The molecule has 100 valence electrons. The molecule has 19 heavy (non-hydrogen) atoms. The summed E-state index contributed by atoms with van der Waals surface area (Å²) in [6, 6.07) is 3.63. The molecule has 0 aliphatic carbocycles. The molecule has 0 radical (unpaired) electrons. The summed E-state index contributed by atoms with van der Waals surface area (Å²) in [5.74, 6) is -1.28. The highest BCUT2D eigenvalue weighted by atomic mass is 32.1. The Bertz CT molecular complexity index is 613. The number of halogens is 4. The Hall–Kier alpha value is -1.76. The standard InChI is InChI=1S/C12H7F4NOS/c1-6-2-7(4-8(13)3-6)10(18)9-5-17-11(19-9)12(14,15)16/h2-5H,1H3. The molecule has 0 spiro atoms. The zero-order chi connectivity index (χ0) is 14.2. The summed E-state index contributed by atoms with van der Waals surface area (Å²) in [6.45, 7) is 1.59. The monoisotopic (exact) mass is 289 g/mol. The van der Waals surface area contributed by atoms with Crippen molar-refractivity contribution in [2.75, 3.05) is 0 Å². The molecular formula is C12H7F4NOS. The predicted molar refractivity (Wildman–Crippen MR) is 61.7 cm³/mol. The number of hydrogen-bond donors (Lipinski definition) is 0. The molecule has 2 rings (SSSR count). The second kappa shape index (κ2) is 4.73. The molecule has 0 amide bonds. The number of carbonyl (C=O) groups excluding carboxylic acids is 1. The molecule has 2 nitrogen and oxygen atoms in total. The van der Waals surface area contributed by atoms with Crippen molar-refractivity contribution in [1.29, 1.82) is 0 Å². The van der Waals surface area contributed by atoms with Gasteiger partial charge in [0.25, 0.3) is 0 Å². The Morgan fingerprint density at radius 1 is 1.26 bits per heavy atom. The van der Waals surface area contributed by atoms with E-state index < -0.39 is 22.8 Å². The van der Waals surface area contributed by atoms with Crippen molar-refractivity contribution >= 4 is 17.1 Å². The van der Waals surface area contributed by atoms with Crippen LogP contribution in [0.1, 0.15) is 25.8 Å². The molecule has 0 aliphatic heterocycles. The van der Waals surface area contributed by atoms with Crippen molar-refractivity contribution in [1.82, 2.24) is 4.98 Å². The zero-order valence-corrected chi connectivity index (χ0v) is 10.4.